The van der Waals surface area contributed by atoms with Gasteiger partial charge in [-0.2, -0.15) is 5.01 Å². The summed E-state index contributed by atoms with van der Waals surface area (Å²) >= 11 is 0. The molecule has 0 aliphatic carbocycles. The van der Waals surface area contributed by atoms with Crippen LogP contribution in [-0.4, -0.2) is 10.9 Å². The molecule has 0 atom stereocenters. The monoisotopic (exact) mass is 487 g/mol. The first-order chi connectivity index (χ1) is 17.5. The molecule has 0 saturated heterocycles. The number of carbonyl (C=O) groups is 1. The molecule has 1 aromatic heterocycles. The Morgan fingerprint density at radius 2 is 1.83 bits per heavy atom. The number of benzene rings is 3. The van der Waals surface area contributed by atoms with Gasteiger partial charge in [0.15, 0.2) is 11.6 Å². The van der Waals surface area contributed by atoms with Crippen LogP contribution < -0.4 is 20.4 Å². The minimum Gasteiger partial charge on any atom is -0.454 e. The van der Waals surface area contributed by atoms with Gasteiger partial charge in [-0.1, -0.05) is 18.7 Å². The third kappa shape index (κ3) is 5.68. The molecular formula is C26H19F2N5O3. The van der Waals surface area contributed by atoms with Gasteiger partial charge in [0.2, 0.25) is 5.91 Å². The van der Waals surface area contributed by atoms with Crippen LogP contribution in [-0.2, 0) is 4.79 Å². The van der Waals surface area contributed by atoms with Crippen molar-refractivity contribution in [1.82, 2.24) is 4.98 Å². The normalized spacial score (nSPS) is 10.3. The molecule has 8 nitrogen and oxygen atoms in total. The first kappa shape index (κ1) is 24.0. The van der Waals surface area contributed by atoms with E-state index in [0.717, 1.165) is 23.2 Å². The van der Waals surface area contributed by atoms with Crippen LogP contribution >= 0.6 is 0 Å². The lowest BCUT2D eigenvalue weighted by atomic mass is 10.2. The first-order valence-electron chi connectivity index (χ1n) is 10.6. The van der Waals surface area contributed by atoms with Crippen LogP contribution in [0.1, 0.15) is 0 Å². The Balaban J connectivity index is 1.60. The highest BCUT2D eigenvalue weighted by molar-refractivity contribution is 5.99. The molecule has 1 amide bonds. The van der Waals surface area contributed by atoms with Crippen molar-refractivity contribution in [2.75, 3.05) is 15.6 Å². The number of halogens is 2. The highest BCUT2D eigenvalue weighted by atomic mass is 19.1. The maximum absolute atomic E-state index is 14.8. The number of anilines is 5. The van der Waals surface area contributed by atoms with Crippen molar-refractivity contribution in [3.8, 4) is 11.5 Å². The second-order valence-electron chi connectivity index (χ2n) is 7.36. The summed E-state index contributed by atoms with van der Waals surface area (Å²) in [7, 11) is 0. The number of hydrogen-bond donors (Lipinski definition) is 2. The third-order valence-electron chi connectivity index (χ3n) is 4.89. The first-order valence-corrected chi connectivity index (χ1v) is 10.6. The molecule has 2 N–H and O–H groups in total. The van der Waals surface area contributed by atoms with Gasteiger partial charge in [-0.25, -0.2) is 8.78 Å². The van der Waals surface area contributed by atoms with Crippen molar-refractivity contribution >= 4 is 34.3 Å². The highest BCUT2D eigenvalue weighted by Crippen LogP contribution is 2.36. The second kappa shape index (κ2) is 10.9. The molecule has 1 heterocycles. The molecule has 36 heavy (non-hydrogen) atoms. The Morgan fingerprint density at radius 1 is 1.03 bits per heavy atom. The van der Waals surface area contributed by atoms with E-state index in [9.17, 15) is 18.5 Å². The molecule has 4 aromatic rings. The number of pyridine rings is 1. The van der Waals surface area contributed by atoms with Gasteiger partial charge in [0.25, 0.3) is 0 Å². The Hall–Kier alpha value is -5.12. The molecular weight excluding hydrogens is 468 g/mol. The van der Waals surface area contributed by atoms with Crippen molar-refractivity contribution < 1.29 is 18.3 Å². The van der Waals surface area contributed by atoms with E-state index in [0.29, 0.717) is 17.1 Å². The maximum atomic E-state index is 14.8. The average molecular weight is 487 g/mol. The van der Waals surface area contributed by atoms with Crippen LogP contribution in [0.25, 0.3) is 0 Å². The molecule has 0 spiro atoms. The van der Waals surface area contributed by atoms with Crippen LogP contribution in [0.15, 0.2) is 103 Å². The number of hydrogen-bond acceptors (Lipinski definition) is 6. The van der Waals surface area contributed by atoms with E-state index in [2.05, 4.69) is 27.5 Å². The summed E-state index contributed by atoms with van der Waals surface area (Å²) in [6.07, 6.45) is 4.05. The fourth-order valence-electron chi connectivity index (χ4n) is 3.28. The molecule has 0 saturated carbocycles. The Bertz CT molecular complexity index is 1430. The predicted molar refractivity (Wildman–Crippen MR) is 134 cm³/mol. The van der Waals surface area contributed by atoms with Crippen LogP contribution in [0.5, 0.6) is 11.5 Å². The zero-order chi connectivity index (χ0) is 25.5. The van der Waals surface area contributed by atoms with Gasteiger partial charge in [0.1, 0.15) is 17.3 Å². The fraction of sp³-hybridized carbons (Fsp3) is 0. The van der Waals surface area contributed by atoms with E-state index < -0.39 is 11.6 Å². The van der Waals surface area contributed by atoms with E-state index in [1.165, 1.54) is 42.7 Å². The van der Waals surface area contributed by atoms with Crippen molar-refractivity contribution in [1.29, 1.82) is 0 Å². The number of carbonyl (C=O) groups excluding carboxylic acids is 1. The van der Waals surface area contributed by atoms with Crippen LogP contribution in [0.4, 0.5) is 37.2 Å². The molecule has 10 heteroatoms. The summed E-state index contributed by atoms with van der Waals surface area (Å²) in [6, 6.07) is 17.6. The lowest BCUT2D eigenvalue weighted by molar-refractivity contribution is -0.111. The third-order valence-corrected chi connectivity index (χ3v) is 4.89. The van der Waals surface area contributed by atoms with Gasteiger partial charge in [0, 0.05) is 29.7 Å². The van der Waals surface area contributed by atoms with E-state index in [4.69, 9.17) is 4.74 Å². The van der Waals surface area contributed by atoms with Crippen LogP contribution in [0, 0.1) is 16.5 Å². The molecule has 0 bridgehead atoms. The molecule has 0 fully saturated rings. The van der Waals surface area contributed by atoms with E-state index in [1.807, 2.05) is 0 Å². The quantitative estimate of drug-likeness (QED) is 0.152. The van der Waals surface area contributed by atoms with E-state index in [1.54, 1.807) is 30.3 Å². The van der Waals surface area contributed by atoms with Crippen molar-refractivity contribution in [3.05, 3.63) is 114 Å². The van der Waals surface area contributed by atoms with E-state index >= 15 is 0 Å². The molecule has 3 aromatic carbocycles. The van der Waals surface area contributed by atoms with Gasteiger partial charge in [-0.15, -0.1) is 4.91 Å². The smallest absolute Gasteiger partial charge is 0.247 e. The summed E-state index contributed by atoms with van der Waals surface area (Å²) in [5.41, 5.74) is 1.92. The number of rotatable bonds is 9. The SMILES string of the molecule is C=CC(=O)Nc1cccc(Nc2ccncc2N(N=O)c2ccc(Oc3cccc(F)c3)c(F)c2)c1. The minimum absolute atomic E-state index is 0.108. The Labute approximate surface area is 204 Å². The Morgan fingerprint density at radius 3 is 2.58 bits per heavy atom. The second-order valence-corrected chi connectivity index (χ2v) is 7.36. The van der Waals surface area contributed by atoms with Gasteiger partial charge < -0.3 is 15.4 Å². The summed E-state index contributed by atoms with van der Waals surface area (Å²) in [4.78, 5) is 27.5. The van der Waals surface area contributed by atoms with Crippen LogP contribution in [0.2, 0.25) is 0 Å². The minimum atomic E-state index is -0.783. The van der Waals surface area contributed by atoms with Gasteiger partial charge >= 0.3 is 0 Å². The number of nitrogens with zero attached hydrogens (tertiary/aromatic N) is 3. The van der Waals surface area contributed by atoms with Crippen LogP contribution in [0.3, 0.4) is 0 Å². The van der Waals surface area contributed by atoms with E-state index in [-0.39, 0.29) is 28.8 Å². The van der Waals surface area contributed by atoms with Gasteiger partial charge in [-0.05, 0) is 54.6 Å². The summed E-state index contributed by atoms with van der Waals surface area (Å²) < 4.78 is 33.6. The number of ether oxygens (including phenoxy) is 1. The molecule has 0 aliphatic heterocycles. The zero-order valence-corrected chi connectivity index (χ0v) is 18.7. The number of amides is 1. The summed E-state index contributed by atoms with van der Waals surface area (Å²) in [5.74, 6) is -1.70. The molecule has 0 aliphatic rings. The molecule has 4 rings (SSSR count). The standard InChI is InChI=1S/C26H19F2N5O3/c1-2-26(34)31-19-7-4-6-18(14-19)30-23-11-12-29-16-24(23)33(32-35)20-9-10-25(22(28)15-20)36-21-8-3-5-17(27)13-21/h2-16H,1H2,(H,29,30)(H,31,34). The number of aromatic nitrogens is 1. The number of nitrogens with one attached hydrogen (secondary N) is 2. The summed E-state index contributed by atoms with van der Waals surface area (Å²) in [6.45, 7) is 3.42. The number of nitroso groups, excluding NO2 is 1. The zero-order valence-electron chi connectivity index (χ0n) is 18.7. The highest BCUT2D eigenvalue weighted by Gasteiger charge is 2.18. The van der Waals surface area contributed by atoms with Crippen molar-refractivity contribution in [2.45, 2.75) is 0 Å². The molecule has 0 radical (unpaired) electrons. The fourth-order valence-corrected chi connectivity index (χ4v) is 3.28. The average Bonchev–Trinajstić information content (AvgIpc) is 2.87. The Kier molecular flexibility index (Phi) is 7.25. The van der Waals surface area contributed by atoms with Gasteiger partial charge in [-0.3, -0.25) is 9.78 Å². The molecule has 0 unspecified atom stereocenters. The largest absolute Gasteiger partial charge is 0.454 e. The lowest BCUT2D eigenvalue weighted by Crippen LogP contribution is -2.11. The predicted octanol–water partition coefficient (Wildman–Crippen LogP) is 6.84. The van der Waals surface area contributed by atoms with Crippen molar-refractivity contribution in [3.63, 3.8) is 0 Å². The topological polar surface area (TPSA) is 95.9 Å². The summed E-state index contributed by atoms with van der Waals surface area (Å²) in [5, 5.41) is 9.81. The van der Waals surface area contributed by atoms with Gasteiger partial charge in [0.05, 0.1) is 22.9 Å². The lowest BCUT2D eigenvalue weighted by Gasteiger charge is -2.20. The maximum Gasteiger partial charge on any atom is 0.247 e. The van der Waals surface area contributed by atoms with Crippen molar-refractivity contribution in [2.24, 2.45) is 5.29 Å². The molecule has 180 valence electrons.